The summed E-state index contributed by atoms with van der Waals surface area (Å²) >= 11 is 6.67. The van der Waals surface area contributed by atoms with E-state index in [0.29, 0.717) is 11.8 Å². The molecule has 1 nitrogen and oxygen atoms in total. The van der Waals surface area contributed by atoms with Gasteiger partial charge in [-0.1, -0.05) is 44.8 Å². The summed E-state index contributed by atoms with van der Waals surface area (Å²) in [6.07, 6.45) is 1.51. The van der Waals surface area contributed by atoms with Crippen LogP contribution < -0.4 is 0 Å². The zero-order valence-corrected chi connectivity index (χ0v) is 11.2. The molecule has 76 valence electrons. The Morgan fingerprint density at radius 3 is 2.71 bits per heavy atom. The summed E-state index contributed by atoms with van der Waals surface area (Å²) in [7, 11) is 0. The molecular formula is C11H12Br2O. The zero-order chi connectivity index (χ0) is 10.6. The molecule has 0 bridgehead atoms. The first-order valence-electron chi connectivity index (χ1n) is 4.56. The highest BCUT2D eigenvalue weighted by atomic mass is 79.9. The predicted octanol–water partition coefficient (Wildman–Crippen LogP) is 3.98. The van der Waals surface area contributed by atoms with Gasteiger partial charge in [0, 0.05) is 21.8 Å². The van der Waals surface area contributed by atoms with Gasteiger partial charge >= 0.3 is 0 Å². The molecular weight excluding hydrogens is 308 g/mol. The second kappa shape index (κ2) is 5.66. The minimum absolute atomic E-state index is 0.184. The monoisotopic (exact) mass is 318 g/mol. The van der Waals surface area contributed by atoms with Crippen molar-refractivity contribution >= 4 is 37.6 Å². The summed E-state index contributed by atoms with van der Waals surface area (Å²) in [5.41, 5.74) is 2.00. The first kappa shape index (κ1) is 11.9. The van der Waals surface area contributed by atoms with Gasteiger partial charge in [-0.15, -0.1) is 0 Å². The molecule has 0 N–H and O–H groups in total. The standard InChI is InChI=1S/C11H12Br2O/c1-2-8-3-4-10(13)9(7-8)11(14)5-6-12/h3-4,7H,2,5-6H2,1H3. The average Bonchev–Trinajstić information content (AvgIpc) is 2.19. The molecule has 14 heavy (non-hydrogen) atoms. The predicted molar refractivity (Wildman–Crippen MR) is 66.3 cm³/mol. The molecule has 1 aromatic rings. The smallest absolute Gasteiger partial charge is 0.164 e. The van der Waals surface area contributed by atoms with E-state index in [-0.39, 0.29) is 5.78 Å². The number of benzene rings is 1. The van der Waals surface area contributed by atoms with Gasteiger partial charge in [-0.2, -0.15) is 0 Å². The lowest BCUT2D eigenvalue weighted by molar-refractivity contribution is 0.0989. The van der Waals surface area contributed by atoms with Gasteiger partial charge in [0.15, 0.2) is 5.78 Å². The average molecular weight is 320 g/mol. The third kappa shape index (κ3) is 2.92. The second-order valence-electron chi connectivity index (χ2n) is 3.03. The number of alkyl halides is 1. The molecule has 1 aromatic carbocycles. The molecule has 0 saturated heterocycles. The molecule has 0 amide bonds. The number of rotatable bonds is 4. The van der Waals surface area contributed by atoms with Gasteiger partial charge in [-0.05, 0) is 24.1 Å². The molecule has 0 atom stereocenters. The Hall–Kier alpha value is -0.150. The van der Waals surface area contributed by atoms with Crippen LogP contribution in [0.25, 0.3) is 0 Å². The maximum atomic E-state index is 11.7. The summed E-state index contributed by atoms with van der Waals surface area (Å²) in [5.74, 6) is 0.184. The first-order chi connectivity index (χ1) is 6.69. The number of carbonyl (C=O) groups excluding carboxylic acids is 1. The van der Waals surface area contributed by atoms with Crippen LogP contribution in [0.5, 0.6) is 0 Å². The SMILES string of the molecule is CCc1ccc(Br)c(C(=O)CCBr)c1. The van der Waals surface area contributed by atoms with Crippen molar-refractivity contribution in [1.82, 2.24) is 0 Å². The van der Waals surface area contributed by atoms with E-state index in [0.717, 1.165) is 16.5 Å². The Bertz CT molecular complexity index is 334. The Morgan fingerprint density at radius 2 is 2.14 bits per heavy atom. The normalized spacial score (nSPS) is 10.2. The van der Waals surface area contributed by atoms with Crippen molar-refractivity contribution in [2.24, 2.45) is 0 Å². The van der Waals surface area contributed by atoms with E-state index in [1.54, 1.807) is 0 Å². The number of ketones is 1. The van der Waals surface area contributed by atoms with E-state index in [1.807, 2.05) is 18.2 Å². The van der Waals surface area contributed by atoms with Gasteiger partial charge in [0.2, 0.25) is 0 Å². The molecule has 1 rings (SSSR count). The maximum Gasteiger partial charge on any atom is 0.164 e. The molecule has 0 spiro atoms. The molecule has 0 aliphatic carbocycles. The fourth-order valence-corrected chi connectivity index (χ4v) is 2.05. The number of carbonyl (C=O) groups is 1. The number of Topliss-reactive ketones (excluding diaryl/α,β-unsaturated/α-hetero) is 1. The summed E-state index contributed by atoms with van der Waals surface area (Å²) < 4.78 is 0.889. The molecule has 0 saturated carbocycles. The quantitative estimate of drug-likeness (QED) is 0.606. The summed E-state index contributed by atoms with van der Waals surface area (Å²) in [4.78, 5) is 11.7. The van der Waals surface area contributed by atoms with Crippen LogP contribution in [0.2, 0.25) is 0 Å². The highest BCUT2D eigenvalue weighted by Crippen LogP contribution is 2.20. The largest absolute Gasteiger partial charge is 0.294 e. The van der Waals surface area contributed by atoms with Crippen molar-refractivity contribution in [2.45, 2.75) is 19.8 Å². The molecule has 0 unspecified atom stereocenters. The molecule has 0 heterocycles. The Morgan fingerprint density at radius 1 is 1.43 bits per heavy atom. The van der Waals surface area contributed by atoms with Gasteiger partial charge < -0.3 is 0 Å². The summed E-state index contributed by atoms with van der Waals surface area (Å²) in [6.45, 7) is 2.09. The van der Waals surface area contributed by atoms with E-state index >= 15 is 0 Å². The van der Waals surface area contributed by atoms with E-state index in [9.17, 15) is 4.79 Å². The molecule has 3 heteroatoms. The lowest BCUT2D eigenvalue weighted by atomic mass is 10.0. The van der Waals surface area contributed by atoms with Crippen molar-refractivity contribution in [2.75, 3.05) is 5.33 Å². The zero-order valence-electron chi connectivity index (χ0n) is 8.02. The van der Waals surface area contributed by atoms with E-state index < -0.39 is 0 Å². The van der Waals surface area contributed by atoms with Gasteiger partial charge in [0.25, 0.3) is 0 Å². The molecule has 0 fully saturated rings. The van der Waals surface area contributed by atoms with Crippen molar-refractivity contribution in [3.63, 3.8) is 0 Å². The minimum Gasteiger partial charge on any atom is -0.294 e. The van der Waals surface area contributed by atoms with Crippen molar-refractivity contribution in [1.29, 1.82) is 0 Å². The van der Waals surface area contributed by atoms with E-state index in [1.165, 1.54) is 5.56 Å². The minimum atomic E-state index is 0.184. The Labute approximate surface area is 101 Å². The van der Waals surface area contributed by atoms with Crippen LogP contribution in [0.15, 0.2) is 22.7 Å². The third-order valence-corrected chi connectivity index (χ3v) is 3.15. The van der Waals surface area contributed by atoms with Crippen LogP contribution in [0.4, 0.5) is 0 Å². The molecule has 0 aliphatic heterocycles. The van der Waals surface area contributed by atoms with Crippen molar-refractivity contribution in [3.8, 4) is 0 Å². The number of aryl methyl sites for hydroxylation is 1. The van der Waals surface area contributed by atoms with Crippen molar-refractivity contribution in [3.05, 3.63) is 33.8 Å². The van der Waals surface area contributed by atoms with Crippen molar-refractivity contribution < 1.29 is 4.79 Å². The van der Waals surface area contributed by atoms with Gasteiger partial charge in [-0.3, -0.25) is 4.79 Å². The van der Waals surface area contributed by atoms with Crippen LogP contribution in [-0.4, -0.2) is 11.1 Å². The van der Waals surface area contributed by atoms with E-state index in [2.05, 4.69) is 38.8 Å². The number of hydrogen-bond donors (Lipinski definition) is 0. The fraction of sp³-hybridized carbons (Fsp3) is 0.364. The number of halogens is 2. The first-order valence-corrected chi connectivity index (χ1v) is 6.48. The fourth-order valence-electron chi connectivity index (χ4n) is 1.23. The molecule has 0 aromatic heterocycles. The summed E-state index contributed by atoms with van der Waals surface area (Å²) in [6, 6.07) is 5.95. The third-order valence-electron chi connectivity index (χ3n) is 2.06. The Kier molecular flexibility index (Phi) is 4.82. The topological polar surface area (TPSA) is 17.1 Å². The summed E-state index contributed by atoms with van der Waals surface area (Å²) in [5, 5.41) is 0.717. The van der Waals surface area contributed by atoms with Crippen LogP contribution in [0.1, 0.15) is 29.3 Å². The molecule has 0 radical (unpaired) electrons. The molecule has 0 aliphatic rings. The van der Waals surface area contributed by atoms with Crippen LogP contribution in [-0.2, 0) is 6.42 Å². The highest BCUT2D eigenvalue weighted by molar-refractivity contribution is 9.10. The van der Waals surface area contributed by atoms with Gasteiger partial charge in [0.1, 0.15) is 0 Å². The number of hydrogen-bond acceptors (Lipinski definition) is 1. The van der Waals surface area contributed by atoms with Crippen LogP contribution in [0, 0.1) is 0 Å². The highest BCUT2D eigenvalue weighted by Gasteiger charge is 2.09. The van der Waals surface area contributed by atoms with Crippen LogP contribution >= 0.6 is 31.9 Å². The second-order valence-corrected chi connectivity index (χ2v) is 4.68. The Balaban J connectivity index is 2.99. The van der Waals surface area contributed by atoms with Gasteiger partial charge in [-0.25, -0.2) is 0 Å². The van der Waals surface area contributed by atoms with Gasteiger partial charge in [0.05, 0.1) is 0 Å². The lowest BCUT2D eigenvalue weighted by Gasteiger charge is -2.04. The lowest BCUT2D eigenvalue weighted by Crippen LogP contribution is -2.01. The van der Waals surface area contributed by atoms with Crippen LogP contribution in [0.3, 0.4) is 0 Å². The van der Waals surface area contributed by atoms with E-state index in [4.69, 9.17) is 0 Å². The maximum absolute atomic E-state index is 11.7.